The summed E-state index contributed by atoms with van der Waals surface area (Å²) in [5, 5.41) is 0. The number of aromatic nitrogens is 1. The Bertz CT molecular complexity index is 662. The highest BCUT2D eigenvalue weighted by molar-refractivity contribution is 8.26. The van der Waals surface area contributed by atoms with Crippen LogP contribution in [0.5, 0.6) is 0 Å². The number of hydrogen-bond donors (Lipinski definition) is 1. The SMILES string of the molecule is O=C1C(=Cc2ccc[nH]2)SC(=S)N1Cc1ccccc1. The Hall–Kier alpha value is -1.85. The van der Waals surface area contributed by atoms with Crippen molar-refractivity contribution in [1.29, 1.82) is 0 Å². The lowest BCUT2D eigenvalue weighted by molar-refractivity contribution is -0.122. The Labute approximate surface area is 126 Å². The molecule has 2 heterocycles. The third-order valence-corrected chi connectivity index (χ3v) is 4.34. The van der Waals surface area contributed by atoms with Gasteiger partial charge in [0.05, 0.1) is 11.4 Å². The van der Waals surface area contributed by atoms with E-state index >= 15 is 0 Å². The number of nitrogens with one attached hydrogen (secondary N) is 1. The minimum Gasteiger partial charge on any atom is -0.362 e. The largest absolute Gasteiger partial charge is 0.362 e. The number of H-pyrrole nitrogens is 1. The Morgan fingerprint density at radius 2 is 2.00 bits per heavy atom. The second kappa shape index (κ2) is 5.64. The fourth-order valence-electron chi connectivity index (χ4n) is 1.98. The van der Waals surface area contributed by atoms with Crippen LogP contribution in [-0.4, -0.2) is 20.1 Å². The van der Waals surface area contributed by atoms with Gasteiger partial charge in [-0.3, -0.25) is 9.69 Å². The lowest BCUT2D eigenvalue weighted by Gasteiger charge is -2.14. The van der Waals surface area contributed by atoms with Gasteiger partial charge in [-0.25, -0.2) is 0 Å². The van der Waals surface area contributed by atoms with E-state index in [0.717, 1.165) is 11.3 Å². The van der Waals surface area contributed by atoms with Gasteiger partial charge in [0, 0.05) is 11.9 Å². The first kappa shape index (κ1) is 13.1. The smallest absolute Gasteiger partial charge is 0.266 e. The minimum absolute atomic E-state index is 0.0292. The normalized spacial score (nSPS) is 17.2. The van der Waals surface area contributed by atoms with E-state index in [9.17, 15) is 4.79 Å². The number of amides is 1. The van der Waals surface area contributed by atoms with Crippen molar-refractivity contribution < 1.29 is 4.79 Å². The summed E-state index contributed by atoms with van der Waals surface area (Å²) in [7, 11) is 0. The zero-order valence-corrected chi connectivity index (χ0v) is 12.2. The first-order valence-corrected chi connectivity index (χ1v) is 7.39. The monoisotopic (exact) mass is 300 g/mol. The molecule has 0 saturated carbocycles. The van der Waals surface area contributed by atoms with Gasteiger partial charge in [-0.2, -0.15) is 0 Å². The lowest BCUT2D eigenvalue weighted by Crippen LogP contribution is -2.27. The van der Waals surface area contributed by atoms with E-state index in [1.165, 1.54) is 11.8 Å². The molecule has 1 aliphatic rings. The molecule has 1 N–H and O–H groups in total. The summed E-state index contributed by atoms with van der Waals surface area (Å²) < 4.78 is 0.608. The zero-order chi connectivity index (χ0) is 13.9. The summed E-state index contributed by atoms with van der Waals surface area (Å²) in [6.45, 7) is 0.521. The van der Waals surface area contributed by atoms with Crippen LogP contribution >= 0.6 is 24.0 Å². The summed E-state index contributed by atoms with van der Waals surface area (Å²) in [6, 6.07) is 13.7. The maximum atomic E-state index is 12.4. The van der Waals surface area contributed by atoms with Crippen molar-refractivity contribution in [2.75, 3.05) is 0 Å². The van der Waals surface area contributed by atoms with Crippen LogP contribution in [0.15, 0.2) is 53.6 Å². The highest BCUT2D eigenvalue weighted by atomic mass is 32.2. The number of nitrogens with zero attached hydrogens (tertiary/aromatic N) is 1. The second-order valence-corrected chi connectivity index (χ2v) is 6.05. The van der Waals surface area contributed by atoms with Crippen molar-refractivity contribution in [3.63, 3.8) is 0 Å². The number of carbonyl (C=O) groups is 1. The molecule has 0 spiro atoms. The molecular weight excluding hydrogens is 288 g/mol. The average molecular weight is 300 g/mol. The lowest BCUT2D eigenvalue weighted by atomic mass is 10.2. The molecule has 1 aromatic heterocycles. The van der Waals surface area contributed by atoms with Gasteiger partial charge in [0.25, 0.3) is 5.91 Å². The highest BCUT2D eigenvalue weighted by Crippen LogP contribution is 2.33. The average Bonchev–Trinajstić information content (AvgIpc) is 3.05. The number of thioether (sulfide) groups is 1. The molecule has 0 atom stereocenters. The number of carbonyl (C=O) groups excluding carboxylic acids is 1. The molecule has 2 aromatic rings. The molecule has 0 unspecified atom stereocenters. The van der Waals surface area contributed by atoms with Crippen molar-refractivity contribution in [2.45, 2.75) is 6.54 Å². The van der Waals surface area contributed by atoms with Crippen molar-refractivity contribution in [3.8, 4) is 0 Å². The van der Waals surface area contributed by atoms with E-state index in [-0.39, 0.29) is 5.91 Å². The molecule has 1 aliphatic heterocycles. The molecule has 1 aromatic carbocycles. The van der Waals surface area contributed by atoms with Crippen LogP contribution in [0.1, 0.15) is 11.3 Å². The first-order valence-electron chi connectivity index (χ1n) is 6.17. The number of benzene rings is 1. The van der Waals surface area contributed by atoms with Crippen LogP contribution in [0, 0.1) is 0 Å². The van der Waals surface area contributed by atoms with E-state index in [1.807, 2.05) is 54.7 Å². The third kappa shape index (κ3) is 2.69. The molecular formula is C15H12N2OS2. The molecule has 3 nitrogen and oxygen atoms in total. The van der Waals surface area contributed by atoms with E-state index in [4.69, 9.17) is 12.2 Å². The van der Waals surface area contributed by atoms with E-state index in [1.54, 1.807) is 4.90 Å². The van der Waals surface area contributed by atoms with Crippen molar-refractivity contribution in [2.24, 2.45) is 0 Å². The van der Waals surface area contributed by atoms with Crippen LogP contribution < -0.4 is 0 Å². The number of thiocarbonyl (C=S) groups is 1. The summed E-state index contributed by atoms with van der Waals surface area (Å²) in [6.07, 6.45) is 3.67. The Morgan fingerprint density at radius 1 is 1.20 bits per heavy atom. The van der Waals surface area contributed by atoms with Crippen molar-refractivity contribution >= 4 is 40.3 Å². The molecule has 1 amide bonds. The van der Waals surface area contributed by atoms with Gasteiger partial charge < -0.3 is 4.98 Å². The standard InChI is InChI=1S/C15H12N2OS2/c18-14-13(9-12-7-4-8-16-12)20-15(19)17(14)10-11-5-2-1-3-6-11/h1-9,16H,10H2. The fraction of sp³-hybridized carbons (Fsp3) is 0.0667. The van der Waals surface area contributed by atoms with Crippen LogP contribution in [0.25, 0.3) is 6.08 Å². The van der Waals surface area contributed by atoms with Gasteiger partial charge in [0.2, 0.25) is 0 Å². The molecule has 1 saturated heterocycles. The number of aromatic amines is 1. The first-order chi connectivity index (χ1) is 9.74. The minimum atomic E-state index is -0.0292. The van der Waals surface area contributed by atoms with E-state index in [2.05, 4.69) is 4.98 Å². The number of rotatable bonds is 3. The van der Waals surface area contributed by atoms with Crippen LogP contribution in [0.4, 0.5) is 0 Å². The molecule has 20 heavy (non-hydrogen) atoms. The van der Waals surface area contributed by atoms with Crippen molar-refractivity contribution in [1.82, 2.24) is 9.88 Å². The number of hydrogen-bond acceptors (Lipinski definition) is 3. The molecule has 0 radical (unpaired) electrons. The summed E-state index contributed by atoms with van der Waals surface area (Å²) in [5.41, 5.74) is 1.98. The summed E-state index contributed by atoms with van der Waals surface area (Å²) >= 11 is 6.65. The van der Waals surface area contributed by atoms with E-state index in [0.29, 0.717) is 15.8 Å². The molecule has 0 bridgehead atoms. The van der Waals surface area contributed by atoms with Gasteiger partial charge in [-0.15, -0.1) is 0 Å². The molecule has 0 aliphatic carbocycles. The predicted octanol–water partition coefficient (Wildman–Crippen LogP) is 3.42. The van der Waals surface area contributed by atoms with Gasteiger partial charge in [0.1, 0.15) is 4.32 Å². The Kier molecular flexibility index (Phi) is 3.71. The van der Waals surface area contributed by atoms with E-state index < -0.39 is 0 Å². The van der Waals surface area contributed by atoms with Crippen LogP contribution in [0.3, 0.4) is 0 Å². The molecule has 100 valence electrons. The second-order valence-electron chi connectivity index (χ2n) is 4.38. The fourth-order valence-corrected chi connectivity index (χ4v) is 3.22. The van der Waals surface area contributed by atoms with Crippen molar-refractivity contribution in [3.05, 3.63) is 64.8 Å². The molecule has 3 rings (SSSR count). The molecule has 5 heteroatoms. The van der Waals surface area contributed by atoms with Gasteiger partial charge >= 0.3 is 0 Å². The van der Waals surface area contributed by atoms with Gasteiger partial charge in [-0.05, 0) is 23.8 Å². The topological polar surface area (TPSA) is 36.1 Å². The maximum Gasteiger partial charge on any atom is 0.266 e. The molecule has 1 fully saturated rings. The zero-order valence-electron chi connectivity index (χ0n) is 10.6. The van der Waals surface area contributed by atoms with Gasteiger partial charge in [0.15, 0.2) is 0 Å². The Balaban J connectivity index is 1.81. The third-order valence-electron chi connectivity index (χ3n) is 2.97. The summed E-state index contributed by atoms with van der Waals surface area (Å²) in [4.78, 5) is 17.7. The highest BCUT2D eigenvalue weighted by Gasteiger charge is 2.31. The maximum absolute atomic E-state index is 12.4. The quantitative estimate of drug-likeness (QED) is 0.697. The van der Waals surface area contributed by atoms with Crippen LogP contribution in [-0.2, 0) is 11.3 Å². The Morgan fingerprint density at radius 3 is 2.70 bits per heavy atom. The predicted molar refractivity (Wildman–Crippen MR) is 86.0 cm³/mol. The summed E-state index contributed by atoms with van der Waals surface area (Å²) in [5.74, 6) is -0.0292. The van der Waals surface area contributed by atoms with Crippen LogP contribution in [0.2, 0.25) is 0 Å². The van der Waals surface area contributed by atoms with Gasteiger partial charge in [-0.1, -0.05) is 54.3 Å².